The van der Waals surface area contributed by atoms with E-state index in [2.05, 4.69) is 0 Å². The average Bonchev–Trinajstić information content (AvgIpc) is 2.45. The van der Waals surface area contributed by atoms with Gasteiger partial charge in [0, 0.05) is 12.1 Å². The fourth-order valence-electron chi connectivity index (χ4n) is 1.84. The molecular formula is C15H11ClN2O2. The van der Waals surface area contributed by atoms with Gasteiger partial charge in [0.25, 0.3) is 5.91 Å². The molecule has 100 valence electrons. The van der Waals surface area contributed by atoms with Crippen LogP contribution >= 0.6 is 11.6 Å². The average molecular weight is 287 g/mol. The van der Waals surface area contributed by atoms with Gasteiger partial charge in [0.1, 0.15) is 11.8 Å². The molecular weight excluding hydrogens is 276 g/mol. The Hall–Kier alpha value is -2.51. The van der Waals surface area contributed by atoms with Crippen LogP contribution in [0.5, 0.6) is 5.75 Å². The molecule has 0 aliphatic heterocycles. The maximum Gasteiger partial charge on any atom is 0.261 e. The van der Waals surface area contributed by atoms with Crippen LogP contribution in [0.15, 0.2) is 42.5 Å². The number of anilines is 1. The molecule has 0 saturated carbocycles. The summed E-state index contributed by atoms with van der Waals surface area (Å²) >= 11 is 5.74. The highest BCUT2D eigenvalue weighted by Crippen LogP contribution is 2.26. The van der Waals surface area contributed by atoms with Crippen LogP contribution in [0, 0.1) is 11.3 Å². The zero-order chi connectivity index (χ0) is 14.7. The summed E-state index contributed by atoms with van der Waals surface area (Å²) in [6.45, 7) is 0. The number of para-hydroxylation sites is 1. The lowest BCUT2D eigenvalue weighted by Crippen LogP contribution is -2.27. The van der Waals surface area contributed by atoms with Gasteiger partial charge in [-0.2, -0.15) is 5.26 Å². The molecule has 0 atom stereocenters. The molecule has 5 heteroatoms. The number of carbonyl (C=O) groups excluding carboxylic acids is 1. The molecule has 0 aliphatic carbocycles. The zero-order valence-corrected chi connectivity index (χ0v) is 11.4. The minimum Gasteiger partial charge on any atom is -0.507 e. The number of hydrogen-bond donors (Lipinski definition) is 1. The first-order chi connectivity index (χ1) is 9.54. The molecule has 0 fully saturated rings. The number of nitrogens with zero attached hydrogens (tertiary/aromatic N) is 2. The Morgan fingerprint density at radius 2 is 2.00 bits per heavy atom. The highest BCUT2D eigenvalue weighted by atomic mass is 35.5. The van der Waals surface area contributed by atoms with Gasteiger partial charge in [0.05, 0.1) is 16.8 Å². The molecule has 0 spiro atoms. The summed E-state index contributed by atoms with van der Waals surface area (Å²) in [5.74, 6) is -0.606. The van der Waals surface area contributed by atoms with Crippen molar-refractivity contribution < 1.29 is 9.90 Å². The molecule has 0 saturated heterocycles. The third-order valence-electron chi connectivity index (χ3n) is 2.88. The number of aromatic hydroxyl groups is 1. The fraction of sp³-hybridized carbons (Fsp3) is 0.0667. The second-order valence-corrected chi connectivity index (χ2v) is 4.59. The van der Waals surface area contributed by atoms with E-state index in [1.165, 1.54) is 23.1 Å². The first-order valence-corrected chi connectivity index (χ1v) is 6.18. The van der Waals surface area contributed by atoms with E-state index in [0.717, 1.165) is 0 Å². The summed E-state index contributed by atoms with van der Waals surface area (Å²) < 4.78 is 0. The number of halogens is 1. The summed E-state index contributed by atoms with van der Waals surface area (Å²) in [4.78, 5) is 13.7. The fourth-order valence-corrected chi connectivity index (χ4v) is 2.00. The quantitative estimate of drug-likeness (QED) is 0.922. The second-order valence-electron chi connectivity index (χ2n) is 4.15. The lowest BCUT2D eigenvalue weighted by Gasteiger charge is -2.19. The Bertz CT molecular complexity index is 707. The third-order valence-corrected chi connectivity index (χ3v) is 3.12. The predicted octanol–water partition coefficient (Wildman–Crippen LogP) is 3.19. The number of rotatable bonds is 2. The summed E-state index contributed by atoms with van der Waals surface area (Å²) in [5, 5.41) is 19.2. The van der Waals surface area contributed by atoms with Crippen LogP contribution in [0.1, 0.15) is 15.9 Å². The summed E-state index contributed by atoms with van der Waals surface area (Å²) in [6.07, 6.45) is 0. The molecule has 1 amide bonds. The maximum absolute atomic E-state index is 12.4. The normalized spacial score (nSPS) is 9.85. The van der Waals surface area contributed by atoms with E-state index in [1.54, 1.807) is 31.3 Å². The summed E-state index contributed by atoms with van der Waals surface area (Å²) in [6, 6.07) is 13.1. The summed E-state index contributed by atoms with van der Waals surface area (Å²) in [5.41, 5.74) is 0.996. The second kappa shape index (κ2) is 5.64. The molecule has 0 unspecified atom stereocenters. The molecule has 0 radical (unpaired) electrons. The van der Waals surface area contributed by atoms with Crippen LogP contribution < -0.4 is 4.90 Å². The number of phenolic OH excluding ortho intramolecular Hbond substituents is 1. The minimum atomic E-state index is -0.415. The van der Waals surface area contributed by atoms with Crippen molar-refractivity contribution in [2.45, 2.75) is 0 Å². The van der Waals surface area contributed by atoms with Gasteiger partial charge in [-0.15, -0.1) is 0 Å². The van der Waals surface area contributed by atoms with Crippen molar-refractivity contribution in [1.29, 1.82) is 5.26 Å². The van der Waals surface area contributed by atoms with Crippen molar-refractivity contribution in [3.63, 3.8) is 0 Å². The van der Waals surface area contributed by atoms with Crippen LogP contribution in [-0.4, -0.2) is 18.1 Å². The zero-order valence-electron chi connectivity index (χ0n) is 10.7. The Labute approximate surface area is 121 Å². The van der Waals surface area contributed by atoms with Gasteiger partial charge in [0.15, 0.2) is 0 Å². The Morgan fingerprint density at radius 3 is 2.65 bits per heavy atom. The highest BCUT2D eigenvalue weighted by Gasteiger charge is 2.19. The molecule has 2 rings (SSSR count). The Balaban J connectivity index is 2.41. The van der Waals surface area contributed by atoms with E-state index in [0.29, 0.717) is 16.3 Å². The molecule has 0 heterocycles. The molecule has 0 aromatic heterocycles. The first-order valence-electron chi connectivity index (χ1n) is 5.80. The molecule has 2 aromatic carbocycles. The van der Waals surface area contributed by atoms with E-state index >= 15 is 0 Å². The molecule has 2 aromatic rings. The minimum absolute atomic E-state index is 0.129. The van der Waals surface area contributed by atoms with Gasteiger partial charge in [-0.3, -0.25) is 4.79 Å². The van der Waals surface area contributed by atoms with Gasteiger partial charge in [-0.1, -0.05) is 23.7 Å². The van der Waals surface area contributed by atoms with E-state index in [4.69, 9.17) is 16.9 Å². The van der Waals surface area contributed by atoms with Crippen molar-refractivity contribution in [3.8, 4) is 11.8 Å². The molecule has 0 bridgehead atoms. The van der Waals surface area contributed by atoms with Gasteiger partial charge < -0.3 is 10.0 Å². The maximum atomic E-state index is 12.4. The molecule has 20 heavy (non-hydrogen) atoms. The number of hydrogen-bond acceptors (Lipinski definition) is 3. The van der Waals surface area contributed by atoms with Crippen molar-refractivity contribution in [2.75, 3.05) is 11.9 Å². The van der Waals surface area contributed by atoms with Crippen LogP contribution in [0.3, 0.4) is 0 Å². The van der Waals surface area contributed by atoms with E-state index in [1.807, 2.05) is 6.07 Å². The van der Waals surface area contributed by atoms with Gasteiger partial charge in [-0.25, -0.2) is 0 Å². The molecule has 0 aliphatic rings. The Morgan fingerprint density at radius 1 is 1.30 bits per heavy atom. The van der Waals surface area contributed by atoms with Crippen molar-refractivity contribution in [3.05, 3.63) is 58.6 Å². The van der Waals surface area contributed by atoms with Gasteiger partial charge in [0.2, 0.25) is 0 Å². The summed E-state index contributed by atoms with van der Waals surface area (Å²) in [7, 11) is 1.55. The van der Waals surface area contributed by atoms with Crippen molar-refractivity contribution in [2.24, 2.45) is 0 Å². The van der Waals surface area contributed by atoms with Crippen LogP contribution in [0.25, 0.3) is 0 Å². The number of carbonyl (C=O) groups is 1. The van der Waals surface area contributed by atoms with E-state index in [9.17, 15) is 9.90 Å². The smallest absolute Gasteiger partial charge is 0.261 e. The van der Waals surface area contributed by atoms with Crippen molar-refractivity contribution >= 4 is 23.2 Å². The van der Waals surface area contributed by atoms with Crippen LogP contribution in [-0.2, 0) is 0 Å². The van der Waals surface area contributed by atoms with Crippen LogP contribution in [0.2, 0.25) is 5.02 Å². The number of phenols is 1. The van der Waals surface area contributed by atoms with E-state index < -0.39 is 5.91 Å². The first kappa shape index (κ1) is 13.9. The number of nitriles is 1. The SMILES string of the molecule is CN(C(=O)c1ccc(Cl)cc1O)c1ccccc1C#N. The predicted molar refractivity (Wildman–Crippen MR) is 77.0 cm³/mol. The monoisotopic (exact) mass is 286 g/mol. The largest absolute Gasteiger partial charge is 0.507 e. The van der Waals surface area contributed by atoms with Crippen molar-refractivity contribution in [1.82, 2.24) is 0 Å². The number of amides is 1. The van der Waals surface area contributed by atoms with Crippen LogP contribution in [0.4, 0.5) is 5.69 Å². The third kappa shape index (κ3) is 2.58. The standard InChI is InChI=1S/C15H11ClN2O2/c1-18(13-5-3-2-4-10(13)9-17)15(20)12-7-6-11(16)8-14(12)19/h2-8,19H,1H3. The van der Waals surface area contributed by atoms with Gasteiger partial charge >= 0.3 is 0 Å². The lowest BCUT2D eigenvalue weighted by molar-refractivity contribution is 0.0990. The van der Waals surface area contributed by atoms with E-state index in [-0.39, 0.29) is 11.3 Å². The number of benzene rings is 2. The lowest BCUT2D eigenvalue weighted by atomic mass is 10.1. The topological polar surface area (TPSA) is 64.3 Å². The highest BCUT2D eigenvalue weighted by molar-refractivity contribution is 6.31. The van der Waals surface area contributed by atoms with Gasteiger partial charge in [-0.05, 0) is 30.3 Å². The Kier molecular flexibility index (Phi) is 3.92. The molecule has 4 nitrogen and oxygen atoms in total. The molecule has 1 N–H and O–H groups in total.